The lowest BCUT2D eigenvalue weighted by Gasteiger charge is -2.37. The average molecular weight is 313 g/mol. The van der Waals surface area contributed by atoms with Gasteiger partial charge in [-0.15, -0.1) is 0 Å². The predicted octanol–water partition coefficient (Wildman–Crippen LogP) is 2.38. The molecule has 4 rings (SSSR count). The number of hydrogen-bond donors (Lipinski definition) is 0. The molecule has 0 bridgehead atoms. The molecule has 2 aliphatic rings. The van der Waals surface area contributed by atoms with Crippen LogP contribution in [0.15, 0.2) is 24.3 Å². The molecule has 2 fully saturated rings. The minimum absolute atomic E-state index is 0.197. The molecular formula is C18H23N3O2. The van der Waals surface area contributed by atoms with Gasteiger partial charge in [-0.25, -0.2) is 4.98 Å². The van der Waals surface area contributed by atoms with Gasteiger partial charge in [0.15, 0.2) is 0 Å². The number of benzene rings is 1. The number of aryl methyl sites for hydroxylation is 1. The molecule has 1 aliphatic carbocycles. The fourth-order valence-corrected chi connectivity index (χ4v) is 4.03. The van der Waals surface area contributed by atoms with Gasteiger partial charge in [0.05, 0.1) is 29.8 Å². The maximum atomic E-state index is 12.9. The number of imidazole rings is 1. The van der Waals surface area contributed by atoms with Gasteiger partial charge < -0.3 is 14.2 Å². The zero-order chi connectivity index (χ0) is 15.8. The van der Waals surface area contributed by atoms with Gasteiger partial charge in [0.2, 0.25) is 5.91 Å². The summed E-state index contributed by atoms with van der Waals surface area (Å²) < 4.78 is 7.90. The van der Waals surface area contributed by atoms with Crippen LogP contribution in [0.25, 0.3) is 11.0 Å². The first-order valence-corrected chi connectivity index (χ1v) is 8.63. The van der Waals surface area contributed by atoms with E-state index < -0.39 is 0 Å². The second-order valence-electron chi connectivity index (χ2n) is 6.45. The molecule has 5 heteroatoms. The van der Waals surface area contributed by atoms with Crippen molar-refractivity contribution in [2.75, 3.05) is 13.2 Å². The Balaban J connectivity index is 1.61. The summed E-state index contributed by atoms with van der Waals surface area (Å²) in [4.78, 5) is 19.7. The predicted molar refractivity (Wildman–Crippen MR) is 88.2 cm³/mol. The number of carbonyl (C=O) groups excluding carboxylic acids is 1. The summed E-state index contributed by atoms with van der Waals surface area (Å²) in [6.07, 6.45) is 4.40. The Morgan fingerprint density at radius 3 is 3.09 bits per heavy atom. The van der Waals surface area contributed by atoms with Gasteiger partial charge in [0, 0.05) is 13.0 Å². The number of amides is 1. The van der Waals surface area contributed by atoms with E-state index in [0.717, 1.165) is 42.5 Å². The summed E-state index contributed by atoms with van der Waals surface area (Å²) in [7, 11) is 0. The van der Waals surface area contributed by atoms with Crippen LogP contribution >= 0.6 is 0 Å². The Bertz CT molecular complexity index is 724. The first-order chi connectivity index (χ1) is 11.3. The second kappa shape index (κ2) is 5.96. The van der Waals surface area contributed by atoms with Crippen LogP contribution in [0, 0.1) is 0 Å². The number of nitrogens with zero attached hydrogens (tertiary/aromatic N) is 3. The molecule has 23 heavy (non-hydrogen) atoms. The lowest BCUT2D eigenvalue weighted by Crippen LogP contribution is -2.52. The summed E-state index contributed by atoms with van der Waals surface area (Å²) >= 11 is 0. The minimum Gasteiger partial charge on any atom is -0.374 e. The van der Waals surface area contributed by atoms with Crippen molar-refractivity contribution in [3.63, 3.8) is 0 Å². The first kappa shape index (κ1) is 14.7. The molecule has 1 aliphatic heterocycles. The second-order valence-corrected chi connectivity index (χ2v) is 6.45. The van der Waals surface area contributed by atoms with Crippen molar-refractivity contribution < 1.29 is 9.53 Å². The van der Waals surface area contributed by atoms with Crippen LogP contribution in [0.4, 0.5) is 0 Å². The van der Waals surface area contributed by atoms with Crippen LogP contribution in [0.2, 0.25) is 0 Å². The summed E-state index contributed by atoms with van der Waals surface area (Å²) in [6.45, 7) is 3.85. The van der Waals surface area contributed by atoms with Crippen molar-refractivity contribution >= 4 is 16.9 Å². The number of ether oxygens (including phenoxy) is 1. The maximum Gasteiger partial charge on any atom is 0.242 e. The van der Waals surface area contributed by atoms with Crippen molar-refractivity contribution in [1.29, 1.82) is 0 Å². The summed E-state index contributed by atoms with van der Waals surface area (Å²) in [6, 6.07) is 8.33. The van der Waals surface area contributed by atoms with E-state index in [4.69, 9.17) is 4.74 Å². The van der Waals surface area contributed by atoms with Crippen LogP contribution in [-0.2, 0) is 22.5 Å². The summed E-state index contributed by atoms with van der Waals surface area (Å²) in [5.74, 6) is 1.18. The third-order valence-electron chi connectivity index (χ3n) is 5.15. The number of para-hydroxylation sites is 2. The van der Waals surface area contributed by atoms with E-state index in [1.807, 2.05) is 24.3 Å². The Morgan fingerprint density at radius 2 is 2.22 bits per heavy atom. The van der Waals surface area contributed by atoms with Crippen LogP contribution in [0.1, 0.15) is 32.0 Å². The molecule has 1 aromatic carbocycles. The normalized spacial score (nSPS) is 24.1. The van der Waals surface area contributed by atoms with Gasteiger partial charge in [-0.1, -0.05) is 19.1 Å². The lowest BCUT2D eigenvalue weighted by atomic mass is 10.1. The van der Waals surface area contributed by atoms with E-state index >= 15 is 0 Å². The molecule has 2 heterocycles. The van der Waals surface area contributed by atoms with Crippen molar-refractivity contribution in [2.24, 2.45) is 0 Å². The van der Waals surface area contributed by atoms with Crippen LogP contribution in [0.5, 0.6) is 0 Å². The molecule has 0 radical (unpaired) electrons. The Kier molecular flexibility index (Phi) is 3.81. The largest absolute Gasteiger partial charge is 0.374 e. The molecule has 0 spiro atoms. The van der Waals surface area contributed by atoms with Gasteiger partial charge in [0.25, 0.3) is 0 Å². The molecule has 2 aromatic rings. The highest BCUT2D eigenvalue weighted by Gasteiger charge is 2.38. The van der Waals surface area contributed by atoms with E-state index in [0.29, 0.717) is 19.7 Å². The van der Waals surface area contributed by atoms with Gasteiger partial charge in [-0.3, -0.25) is 4.79 Å². The van der Waals surface area contributed by atoms with Crippen molar-refractivity contribution in [3.05, 3.63) is 30.1 Å². The molecule has 1 saturated carbocycles. The number of hydrogen-bond acceptors (Lipinski definition) is 3. The highest BCUT2D eigenvalue weighted by molar-refractivity contribution is 5.81. The van der Waals surface area contributed by atoms with Crippen LogP contribution in [0.3, 0.4) is 0 Å². The molecule has 0 N–H and O–H groups in total. The first-order valence-electron chi connectivity index (χ1n) is 8.63. The quantitative estimate of drug-likeness (QED) is 0.874. The summed E-state index contributed by atoms with van der Waals surface area (Å²) in [5.41, 5.74) is 2.02. The smallest absolute Gasteiger partial charge is 0.242 e. The topological polar surface area (TPSA) is 47.4 Å². The molecule has 1 aromatic heterocycles. The Hall–Kier alpha value is -1.88. The van der Waals surface area contributed by atoms with E-state index in [1.54, 1.807) is 0 Å². The van der Waals surface area contributed by atoms with Gasteiger partial charge in [0.1, 0.15) is 12.4 Å². The zero-order valence-corrected chi connectivity index (χ0v) is 13.6. The third kappa shape index (κ3) is 2.53. The molecule has 5 nitrogen and oxygen atoms in total. The lowest BCUT2D eigenvalue weighted by molar-refractivity contribution is -0.144. The van der Waals surface area contributed by atoms with E-state index in [1.165, 1.54) is 0 Å². The maximum absolute atomic E-state index is 12.9. The zero-order valence-electron chi connectivity index (χ0n) is 13.6. The number of morpholine rings is 1. The number of rotatable bonds is 3. The SMILES string of the molecule is CCc1nc2ccccc2n1CC(=O)N1CCO[C@@H]2CCC[C@@H]21. The van der Waals surface area contributed by atoms with Gasteiger partial charge >= 0.3 is 0 Å². The third-order valence-corrected chi connectivity index (χ3v) is 5.15. The minimum atomic E-state index is 0.197. The average Bonchev–Trinajstić information content (AvgIpc) is 3.19. The van der Waals surface area contributed by atoms with Crippen molar-refractivity contribution in [2.45, 2.75) is 51.3 Å². The molecule has 1 amide bonds. The number of aromatic nitrogens is 2. The summed E-state index contributed by atoms with van der Waals surface area (Å²) in [5, 5.41) is 0. The fourth-order valence-electron chi connectivity index (χ4n) is 4.03. The van der Waals surface area contributed by atoms with Crippen molar-refractivity contribution in [3.8, 4) is 0 Å². The molecular weight excluding hydrogens is 290 g/mol. The highest BCUT2D eigenvalue weighted by atomic mass is 16.5. The Morgan fingerprint density at radius 1 is 1.35 bits per heavy atom. The van der Waals surface area contributed by atoms with E-state index in [-0.39, 0.29) is 18.1 Å². The highest BCUT2D eigenvalue weighted by Crippen LogP contribution is 2.30. The van der Waals surface area contributed by atoms with Gasteiger partial charge in [-0.2, -0.15) is 0 Å². The molecule has 122 valence electrons. The molecule has 2 atom stereocenters. The monoisotopic (exact) mass is 313 g/mol. The number of carbonyl (C=O) groups is 1. The number of fused-ring (bicyclic) bond motifs is 2. The van der Waals surface area contributed by atoms with Crippen LogP contribution < -0.4 is 0 Å². The molecule has 0 unspecified atom stereocenters. The van der Waals surface area contributed by atoms with E-state index in [9.17, 15) is 4.79 Å². The molecule has 1 saturated heterocycles. The standard InChI is InChI=1S/C18H23N3O2/c1-2-17-19-13-6-3-4-7-14(13)21(17)12-18(22)20-10-11-23-16-9-5-8-15(16)20/h3-4,6-7,15-16H,2,5,8-12H2,1H3/t15-,16+/m0/s1. The van der Waals surface area contributed by atoms with Crippen molar-refractivity contribution in [1.82, 2.24) is 14.5 Å². The van der Waals surface area contributed by atoms with Crippen LogP contribution in [-0.4, -0.2) is 45.7 Å². The van der Waals surface area contributed by atoms with E-state index in [2.05, 4.69) is 21.4 Å². The fraction of sp³-hybridized carbons (Fsp3) is 0.556. The van der Waals surface area contributed by atoms with Gasteiger partial charge in [-0.05, 0) is 31.4 Å². The Labute approximate surface area is 136 Å².